The monoisotopic (exact) mass is 267 g/mol. The van der Waals surface area contributed by atoms with Crippen LogP contribution in [0.4, 0.5) is 0 Å². The van der Waals surface area contributed by atoms with Gasteiger partial charge < -0.3 is 0 Å². The number of fused-ring (bicyclic) bond motifs is 1. The van der Waals surface area contributed by atoms with Crippen molar-refractivity contribution in [1.29, 1.82) is 0 Å². The predicted molar refractivity (Wildman–Crippen MR) is 72.2 cm³/mol. The van der Waals surface area contributed by atoms with Crippen molar-refractivity contribution >= 4 is 11.8 Å². The predicted octanol–water partition coefficient (Wildman–Crippen LogP) is 1.89. The van der Waals surface area contributed by atoms with Gasteiger partial charge in [-0.2, -0.15) is 0 Å². The quantitative estimate of drug-likeness (QED) is 0.779. The van der Waals surface area contributed by atoms with Crippen molar-refractivity contribution < 1.29 is 9.59 Å². The molecule has 2 amide bonds. The van der Waals surface area contributed by atoms with Gasteiger partial charge in [-0.15, -0.1) is 0 Å². The Labute approximate surface area is 116 Å². The lowest BCUT2D eigenvalue weighted by atomic mass is 10.1. The molecule has 1 aromatic heterocycles. The molecule has 0 fully saturated rings. The maximum atomic E-state index is 12.2. The van der Waals surface area contributed by atoms with Gasteiger partial charge in [0.2, 0.25) is 0 Å². The van der Waals surface area contributed by atoms with E-state index in [2.05, 4.69) is 9.97 Å². The molecule has 0 aliphatic carbocycles. The van der Waals surface area contributed by atoms with Crippen LogP contribution in [-0.4, -0.2) is 26.7 Å². The number of carbonyl (C=O) groups excluding carboxylic acids is 2. The van der Waals surface area contributed by atoms with E-state index in [4.69, 9.17) is 0 Å². The highest BCUT2D eigenvalue weighted by atomic mass is 16.2. The molecule has 0 spiro atoms. The SMILES string of the molecule is Cc1cc(CN2C(=O)c3ccccc3C2=O)nc(C)n1. The molecule has 0 unspecified atom stereocenters. The molecule has 0 radical (unpaired) electrons. The van der Waals surface area contributed by atoms with E-state index in [-0.39, 0.29) is 18.4 Å². The van der Waals surface area contributed by atoms with Crippen LogP contribution in [0.5, 0.6) is 0 Å². The van der Waals surface area contributed by atoms with E-state index in [9.17, 15) is 9.59 Å². The number of aryl methyl sites for hydroxylation is 2. The molecule has 2 aromatic rings. The van der Waals surface area contributed by atoms with E-state index < -0.39 is 0 Å². The summed E-state index contributed by atoms with van der Waals surface area (Å²) in [5.41, 5.74) is 2.41. The van der Waals surface area contributed by atoms with E-state index in [0.29, 0.717) is 22.6 Å². The van der Waals surface area contributed by atoms with Gasteiger partial charge in [0.1, 0.15) is 5.82 Å². The number of carbonyl (C=O) groups is 2. The minimum atomic E-state index is -0.264. The number of benzene rings is 1. The fraction of sp³-hybridized carbons (Fsp3) is 0.200. The summed E-state index contributed by atoms with van der Waals surface area (Å²) in [5, 5.41) is 0. The van der Waals surface area contributed by atoms with Crippen molar-refractivity contribution in [2.75, 3.05) is 0 Å². The number of amides is 2. The first-order chi connectivity index (χ1) is 9.56. The van der Waals surface area contributed by atoms with Crippen LogP contribution in [0.25, 0.3) is 0 Å². The number of hydrogen-bond donors (Lipinski definition) is 0. The lowest BCUT2D eigenvalue weighted by Gasteiger charge is -2.13. The van der Waals surface area contributed by atoms with Gasteiger partial charge in [-0.3, -0.25) is 14.5 Å². The van der Waals surface area contributed by atoms with Gasteiger partial charge in [0, 0.05) is 5.69 Å². The van der Waals surface area contributed by atoms with Gasteiger partial charge in [0.15, 0.2) is 0 Å². The third kappa shape index (κ3) is 1.97. The summed E-state index contributed by atoms with van der Waals surface area (Å²) in [6.07, 6.45) is 0. The average molecular weight is 267 g/mol. The zero-order valence-corrected chi connectivity index (χ0v) is 11.3. The number of aromatic nitrogens is 2. The van der Waals surface area contributed by atoms with Crippen LogP contribution in [-0.2, 0) is 6.54 Å². The molecule has 2 heterocycles. The van der Waals surface area contributed by atoms with Crippen molar-refractivity contribution in [3.63, 3.8) is 0 Å². The maximum Gasteiger partial charge on any atom is 0.261 e. The third-order valence-corrected chi connectivity index (χ3v) is 3.22. The molecule has 3 rings (SSSR count). The molecule has 5 heteroatoms. The summed E-state index contributed by atoms with van der Waals surface area (Å²) in [4.78, 5) is 34.2. The zero-order valence-electron chi connectivity index (χ0n) is 11.3. The average Bonchev–Trinajstić information content (AvgIpc) is 2.64. The summed E-state index contributed by atoms with van der Waals surface area (Å²) >= 11 is 0. The Bertz CT molecular complexity index is 670. The van der Waals surface area contributed by atoms with E-state index in [1.165, 1.54) is 4.90 Å². The van der Waals surface area contributed by atoms with E-state index >= 15 is 0 Å². The molecule has 20 heavy (non-hydrogen) atoms. The Morgan fingerprint density at radius 2 is 1.60 bits per heavy atom. The first kappa shape index (κ1) is 12.5. The molecular weight excluding hydrogens is 254 g/mol. The molecule has 0 N–H and O–H groups in total. The van der Waals surface area contributed by atoms with Gasteiger partial charge in [-0.05, 0) is 32.0 Å². The number of imide groups is 1. The Morgan fingerprint density at radius 3 is 2.15 bits per heavy atom. The van der Waals surface area contributed by atoms with E-state index in [1.54, 1.807) is 37.3 Å². The minimum Gasteiger partial charge on any atom is -0.269 e. The van der Waals surface area contributed by atoms with Gasteiger partial charge in [0.05, 0.1) is 23.4 Å². The summed E-state index contributed by atoms with van der Waals surface area (Å²) < 4.78 is 0. The first-order valence-electron chi connectivity index (χ1n) is 6.32. The van der Waals surface area contributed by atoms with Crippen LogP contribution in [0, 0.1) is 13.8 Å². The van der Waals surface area contributed by atoms with Crippen LogP contribution < -0.4 is 0 Å². The van der Waals surface area contributed by atoms with Crippen LogP contribution >= 0.6 is 0 Å². The lowest BCUT2D eigenvalue weighted by Crippen LogP contribution is -2.29. The largest absolute Gasteiger partial charge is 0.269 e. The number of rotatable bonds is 2. The second kappa shape index (κ2) is 4.52. The van der Waals surface area contributed by atoms with Crippen molar-refractivity contribution in [2.45, 2.75) is 20.4 Å². The molecule has 0 bridgehead atoms. The first-order valence-corrected chi connectivity index (χ1v) is 6.32. The maximum absolute atomic E-state index is 12.2. The van der Waals surface area contributed by atoms with Crippen LogP contribution in [0.2, 0.25) is 0 Å². The molecule has 0 saturated carbocycles. The van der Waals surface area contributed by atoms with Crippen LogP contribution in [0.1, 0.15) is 37.9 Å². The van der Waals surface area contributed by atoms with Gasteiger partial charge in [-0.25, -0.2) is 9.97 Å². The molecule has 1 aliphatic heterocycles. The second-order valence-corrected chi connectivity index (χ2v) is 4.79. The lowest BCUT2D eigenvalue weighted by molar-refractivity contribution is 0.0640. The van der Waals surface area contributed by atoms with Crippen LogP contribution in [0.15, 0.2) is 30.3 Å². The van der Waals surface area contributed by atoms with E-state index in [1.807, 2.05) is 6.92 Å². The highest BCUT2D eigenvalue weighted by Crippen LogP contribution is 2.23. The fourth-order valence-electron chi connectivity index (χ4n) is 2.42. The summed E-state index contributed by atoms with van der Waals surface area (Å²) in [6.45, 7) is 3.83. The van der Waals surface area contributed by atoms with Gasteiger partial charge in [0.25, 0.3) is 11.8 Å². The molecule has 1 aliphatic rings. The fourth-order valence-corrected chi connectivity index (χ4v) is 2.42. The number of nitrogens with zero attached hydrogens (tertiary/aromatic N) is 3. The Balaban J connectivity index is 1.93. The molecule has 1 aromatic carbocycles. The smallest absolute Gasteiger partial charge is 0.261 e. The molecular formula is C15H13N3O2. The molecule has 0 atom stereocenters. The Hall–Kier alpha value is -2.56. The van der Waals surface area contributed by atoms with Gasteiger partial charge >= 0.3 is 0 Å². The third-order valence-electron chi connectivity index (χ3n) is 3.22. The molecule has 0 saturated heterocycles. The Kier molecular flexibility index (Phi) is 2.82. The zero-order chi connectivity index (χ0) is 14.3. The van der Waals surface area contributed by atoms with Crippen LogP contribution in [0.3, 0.4) is 0 Å². The second-order valence-electron chi connectivity index (χ2n) is 4.79. The topological polar surface area (TPSA) is 63.2 Å². The highest BCUT2D eigenvalue weighted by molar-refractivity contribution is 6.21. The van der Waals surface area contributed by atoms with Crippen molar-refractivity contribution in [2.24, 2.45) is 0 Å². The van der Waals surface area contributed by atoms with Gasteiger partial charge in [-0.1, -0.05) is 12.1 Å². The minimum absolute atomic E-state index is 0.177. The van der Waals surface area contributed by atoms with E-state index in [0.717, 1.165) is 5.69 Å². The van der Waals surface area contributed by atoms with Crippen molar-refractivity contribution in [3.8, 4) is 0 Å². The molecule has 100 valence electrons. The summed E-state index contributed by atoms with van der Waals surface area (Å²) in [5.74, 6) is 0.107. The van der Waals surface area contributed by atoms with Crippen molar-refractivity contribution in [1.82, 2.24) is 14.9 Å². The Morgan fingerprint density at radius 1 is 1.00 bits per heavy atom. The highest BCUT2D eigenvalue weighted by Gasteiger charge is 2.35. The number of hydrogen-bond acceptors (Lipinski definition) is 4. The normalized spacial score (nSPS) is 13.8. The molecule has 5 nitrogen and oxygen atoms in total. The van der Waals surface area contributed by atoms with Crippen molar-refractivity contribution in [3.05, 3.63) is 58.7 Å². The summed E-state index contributed by atoms with van der Waals surface area (Å²) in [7, 11) is 0. The summed E-state index contributed by atoms with van der Waals surface area (Å²) in [6, 6.07) is 8.65. The standard InChI is InChI=1S/C15H13N3O2/c1-9-7-11(17-10(2)16-9)8-18-14(19)12-5-3-4-6-13(12)15(18)20/h3-7H,8H2,1-2H3.